The fraction of sp³-hybridized carbons (Fsp3) is 0.600. The van der Waals surface area contributed by atoms with Crippen molar-refractivity contribution in [2.45, 2.75) is 56.7 Å². The summed E-state index contributed by atoms with van der Waals surface area (Å²) in [5.41, 5.74) is 1.02. The molecule has 3 saturated heterocycles. The summed E-state index contributed by atoms with van der Waals surface area (Å²) in [5, 5.41) is 13.8. The average molecular weight is 407 g/mol. The molecule has 3 fully saturated rings. The van der Waals surface area contributed by atoms with Crippen LogP contribution < -0.4 is 10.2 Å². The Labute approximate surface area is 170 Å². The summed E-state index contributed by atoms with van der Waals surface area (Å²) in [6.45, 7) is 1.71. The van der Waals surface area contributed by atoms with Crippen LogP contribution in [0.3, 0.4) is 0 Å². The minimum absolute atomic E-state index is 0.0271. The van der Waals surface area contributed by atoms with Gasteiger partial charge in [0.2, 0.25) is 5.91 Å². The summed E-state index contributed by atoms with van der Waals surface area (Å²) in [4.78, 5) is 17.0. The maximum atomic E-state index is 12.9. The number of fused-ring (bicyclic) bond motifs is 2. The first-order valence-electron chi connectivity index (χ1n) is 9.74. The van der Waals surface area contributed by atoms with E-state index in [4.69, 9.17) is 23.2 Å². The molecule has 4 rings (SSSR count). The lowest BCUT2D eigenvalue weighted by molar-refractivity contribution is -0.126. The van der Waals surface area contributed by atoms with Gasteiger partial charge in [0, 0.05) is 40.8 Å². The van der Waals surface area contributed by atoms with Gasteiger partial charge < -0.3 is 15.1 Å². The van der Waals surface area contributed by atoms with Gasteiger partial charge in [0.15, 0.2) is 6.19 Å². The summed E-state index contributed by atoms with van der Waals surface area (Å²) >= 11 is 12.3. The van der Waals surface area contributed by atoms with E-state index in [0.717, 1.165) is 57.3 Å². The summed E-state index contributed by atoms with van der Waals surface area (Å²) in [6.07, 6.45) is 7.97. The van der Waals surface area contributed by atoms with E-state index < -0.39 is 0 Å². The van der Waals surface area contributed by atoms with Crippen LogP contribution in [0.2, 0.25) is 10.0 Å². The van der Waals surface area contributed by atoms with Gasteiger partial charge in [-0.2, -0.15) is 5.26 Å². The normalized spacial score (nSPS) is 30.1. The Morgan fingerprint density at radius 3 is 2.59 bits per heavy atom. The molecular weight excluding hydrogens is 383 g/mol. The molecule has 1 amide bonds. The Bertz CT molecular complexity index is 745. The Morgan fingerprint density at radius 1 is 1.11 bits per heavy atom. The number of anilines is 1. The number of carbonyl (C=O) groups is 1. The molecule has 5 nitrogen and oxygen atoms in total. The highest BCUT2D eigenvalue weighted by atomic mass is 35.5. The molecule has 0 saturated carbocycles. The van der Waals surface area contributed by atoms with Crippen LogP contribution >= 0.6 is 23.2 Å². The van der Waals surface area contributed by atoms with Crippen molar-refractivity contribution in [1.82, 2.24) is 10.2 Å². The molecule has 0 aromatic heterocycles. The van der Waals surface area contributed by atoms with Gasteiger partial charge in [-0.15, -0.1) is 0 Å². The van der Waals surface area contributed by atoms with E-state index in [1.54, 1.807) is 6.07 Å². The molecule has 0 aliphatic carbocycles. The zero-order chi connectivity index (χ0) is 19.0. The second-order valence-electron chi connectivity index (χ2n) is 7.90. The number of nitriles is 1. The Hall–Kier alpha value is -1.64. The molecule has 0 radical (unpaired) electrons. The number of nitrogens with one attached hydrogen (secondary N) is 1. The highest BCUT2D eigenvalue weighted by molar-refractivity contribution is 6.35. The van der Waals surface area contributed by atoms with Crippen LogP contribution in [-0.4, -0.2) is 42.0 Å². The molecule has 3 aliphatic rings. The van der Waals surface area contributed by atoms with Gasteiger partial charge in [-0.1, -0.05) is 23.2 Å². The molecule has 1 N–H and O–H groups in total. The number of benzene rings is 1. The van der Waals surface area contributed by atoms with Crippen LogP contribution in [0.4, 0.5) is 5.69 Å². The number of nitrogens with zero attached hydrogens (tertiary/aromatic N) is 3. The third-order valence-corrected chi connectivity index (χ3v) is 6.73. The minimum Gasteiger partial charge on any atom is -0.371 e. The highest BCUT2D eigenvalue weighted by Crippen LogP contribution is 2.37. The van der Waals surface area contributed by atoms with Gasteiger partial charge >= 0.3 is 0 Å². The molecule has 27 heavy (non-hydrogen) atoms. The number of rotatable bonds is 3. The monoisotopic (exact) mass is 406 g/mol. The lowest BCUT2D eigenvalue weighted by atomic mass is 9.93. The third-order valence-electron chi connectivity index (χ3n) is 6.29. The van der Waals surface area contributed by atoms with E-state index in [1.165, 1.54) is 0 Å². The quantitative estimate of drug-likeness (QED) is 0.775. The zero-order valence-electron chi connectivity index (χ0n) is 15.2. The first-order valence-corrected chi connectivity index (χ1v) is 10.5. The molecule has 0 unspecified atom stereocenters. The summed E-state index contributed by atoms with van der Waals surface area (Å²) in [7, 11) is 0. The topological polar surface area (TPSA) is 59.4 Å². The molecule has 2 bridgehead atoms. The molecule has 7 heteroatoms. The van der Waals surface area contributed by atoms with Gasteiger partial charge in [-0.3, -0.25) is 4.79 Å². The van der Waals surface area contributed by atoms with Gasteiger partial charge in [0.05, 0.1) is 12.1 Å². The smallest absolute Gasteiger partial charge is 0.223 e. The van der Waals surface area contributed by atoms with E-state index in [1.807, 2.05) is 17.0 Å². The fourth-order valence-corrected chi connectivity index (χ4v) is 5.45. The van der Waals surface area contributed by atoms with Crippen LogP contribution in [0, 0.1) is 17.4 Å². The average Bonchev–Trinajstić information content (AvgIpc) is 3.06. The van der Waals surface area contributed by atoms with Crippen LogP contribution in [0.5, 0.6) is 0 Å². The van der Waals surface area contributed by atoms with Gasteiger partial charge in [-0.25, -0.2) is 0 Å². The van der Waals surface area contributed by atoms with E-state index in [0.29, 0.717) is 16.1 Å². The molecule has 4 atom stereocenters. The van der Waals surface area contributed by atoms with Crippen LogP contribution in [0.1, 0.15) is 38.5 Å². The van der Waals surface area contributed by atoms with Crippen LogP contribution in [-0.2, 0) is 4.79 Å². The molecule has 0 spiro atoms. The van der Waals surface area contributed by atoms with Crippen molar-refractivity contribution in [3.63, 3.8) is 0 Å². The second-order valence-corrected chi connectivity index (χ2v) is 8.77. The van der Waals surface area contributed by atoms with Crippen molar-refractivity contribution < 1.29 is 4.79 Å². The minimum atomic E-state index is 0.0271. The molecule has 1 aromatic carbocycles. The standard InChI is InChI=1S/C20H24Cl2N4O/c21-14-8-15(22)10-17(9-14)25-6-1-2-13(5-7-25)20(27)24-18-11-16-3-4-19(18)26(16)12-23/h8-10,13,16,18-19H,1-7,11H2,(H,24,27)/t13-,16-,18+,19-/m0/s1. The summed E-state index contributed by atoms with van der Waals surface area (Å²) in [5.74, 6) is 0.177. The van der Waals surface area contributed by atoms with Crippen LogP contribution in [0.25, 0.3) is 0 Å². The SMILES string of the molecule is N#CN1[C@H]2CC[C@H]1[C@H](NC(=O)[C@H]1CCCN(c3cc(Cl)cc(Cl)c3)CC1)C2. The van der Waals surface area contributed by atoms with Crippen molar-refractivity contribution in [2.24, 2.45) is 5.92 Å². The maximum Gasteiger partial charge on any atom is 0.223 e. The van der Waals surface area contributed by atoms with E-state index in [9.17, 15) is 10.1 Å². The first kappa shape index (κ1) is 18.7. The van der Waals surface area contributed by atoms with Crippen molar-refractivity contribution in [3.05, 3.63) is 28.2 Å². The number of hydrogen-bond acceptors (Lipinski definition) is 4. The third kappa shape index (κ3) is 3.83. The predicted molar refractivity (Wildman–Crippen MR) is 107 cm³/mol. The Balaban J connectivity index is 1.36. The first-order chi connectivity index (χ1) is 13.0. The summed E-state index contributed by atoms with van der Waals surface area (Å²) < 4.78 is 0. The fourth-order valence-electron chi connectivity index (χ4n) is 4.94. The highest BCUT2D eigenvalue weighted by Gasteiger charge is 2.46. The van der Waals surface area contributed by atoms with E-state index >= 15 is 0 Å². The van der Waals surface area contributed by atoms with Crippen LogP contribution in [0.15, 0.2) is 18.2 Å². The number of carbonyl (C=O) groups excluding carboxylic acids is 1. The van der Waals surface area contributed by atoms with Gasteiger partial charge in [0.1, 0.15) is 0 Å². The molecule has 3 aliphatic heterocycles. The van der Waals surface area contributed by atoms with Crippen molar-refractivity contribution >= 4 is 34.8 Å². The lowest BCUT2D eigenvalue weighted by Gasteiger charge is -2.25. The maximum absolute atomic E-state index is 12.9. The Kier molecular flexibility index (Phi) is 5.39. The number of amides is 1. The number of hydrogen-bond donors (Lipinski definition) is 1. The lowest BCUT2D eigenvalue weighted by Crippen LogP contribution is -2.45. The van der Waals surface area contributed by atoms with Gasteiger partial charge in [0.25, 0.3) is 0 Å². The van der Waals surface area contributed by atoms with Crippen molar-refractivity contribution in [2.75, 3.05) is 18.0 Å². The molecule has 1 aromatic rings. The molecular formula is C20H24Cl2N4O. The van der Waals surface area contributed by atoms with E-state index in [2.05, 4.69) is 16.4 Å². The van der Waals surface area contributed by atoms with Gasteiger partial charge in [-0.05, 0) is 56.7 Å². The van der Waals surface area contributed by atoms with Crippen molar-refractivity contribution in [1.29, 1.82) is 5.26 Å². The Morgan fingerprint density at radius 2 is 1.89 bits per heavy atom. The predicted octanol–water partition coefficient (Wildman–Crippen LogP) is 3.80. The molecule has 144 valence electrons. The van der Waals surface area contributed by atoms with E-state index in [-0.39, 0.29) is 23.9 Å². The zero-order valence-corrected chi connectivity index (χ0v) is 16.7. The van der Waals surface area contributed by atoms with Crippen molar-refractivity contribution in [3.8, 4) is 6.19 Å². The summed E-state index contributed by atoms with van der Waals surface area (Å²) in [6, 6.07) is 6.24. The second kappa shape index (κ2) is 7.77. The number of halogens is 2. The molecule has 3 heterocycles. The largest absolute Gasteiger partial charge is 0.371 e.